The van der Waals surface area contributed by atoms with Gasteiger partial charge in [-0.1, -0.05) is 242 Å². The summed E-state index contributed by atoms with van der Waals surface area (Å²) in [6.07, 6.45) is 0. The van der Waals surface area contributed by atoms with Crippen LogP contribution < -0.4 is 25.6 Å². The van der Waals surface area contributed by atoms with Crippen molar-refractivity contribution in [1.29, 1.82) is 0 Å². The van der Waals surface area contributed by atoms with Crippen molar-refractivity contribution in [3.8, 4) is 22.3 Å². The summed E-state index contributed by atoms with van der Waals surface area (Å²) in [6.45, 7) is 0. The van der Waals surface area contributed by atoms with Crippen molar-refractivity contribution in [2.24, 2.45) is 0 Å². The largest absolute Gasteiger partial charge is 0.310 e. The Bertz CT molecular complexity index is 3570. The van der Waals surface area contributed by atoms with Crippen molar-refractivity contribution in [2.75, 3.05) is 4.90 Å². The Kier molecular flexibility index (Phi) is 9.74. The van der Waals surface area contributed by atoms with Crippen LogP contribution in [0.5, 0.6) is 0 Å². The maximum atomic E-state index is 2.60. The molecule has 320 valence electrons. The minimum atomic E-state index is -3.01. The van der Waals surface area contributed by atoms with E-state index < -0.39 is 13.5 Å². The van der Waals surface area contributed by atoms with Gasteiger partial charge in [-0.3, -0.25) is 0 Å². The van der Waals surface area contributed by atoms with Crippen LogP contribution in [0, 0.1) is 0 Å². The second-order valence-corrected chi connectivity index (χ2v) is 22.7. The van der Waals surface area contributed by atoms with Crippen LogP contribution >= 0.6 is 11.8 Å². The zero-order valence-corrected chi connectivity index (χ0v) is 39.2. The van der Waals surface area contributed by atoms with E-state index >= 15 is 0 Å². The molecule has 11 aromatic carbocycles. The second-order valence-electron chi connectivity index (χ2n) is 17.9. The number of nitrogens with zero attached hydrogens (tertiary/aromatic N) is 1. The maximum Gasteiger partial charge on any atom is 0.180 e. The molecule has 0 aromatic heterocycles. The summed E-state index contributed by atoms with van der Waals surface area (Å²) in [7, 11) is -3.01. The average Bonchev–Trinajstić information content (AvgIpc) is 3.42. The summed E-state index contributed by atoms with van der Waals surface area (Å²) in [4.78, 5) is 5.05. The Morgan fingerprint density at radius 1 is 0.324 bits per heavy atom. The van der Waals surface area contributed by atoms with Crippen molar-refractivity contribution in [3.05, 3.63) is 295 Å². The van der Waals surface area contributed by atoms with E-state index in [1.165, 1.54) is 85.8 Å². The van der Waals surface area contributed by atoms with Crippen LogP contribution in [0.15, 0.2) is 283 Å². The summed E-state index contributed by atoms with van der Waals surface area (Å²) < 4.78 is 0. The quantitative estimate of drug-likeness (QED) is 0.147. The van der Waals surface area contributed by atoms with Gasteiger partial charge in [-0.05, 0) is 113 Å². The summed E-state index contributed by atoms with van der Waals surface area (Å²) in [6, 6.07) is 102. The number of rotatable bonds is 7. The van der Waals surface area contributed by atoms with E-state index in [0.29, 0.717) is 0 Å². The lowest BCUT2D eigenvalue weighted by Crippen LogP contribution is -2.79. The second kappa shape index (κ2) is 16.4. The van der Waals surface area contributed by atoms with Gasteiger partial charge in [0.2, 0.25) is 0 Å². The Labute approximate surface area is 403 Å². The Balaban J connectivity index is 1.08. The number of hydrogen-bond acceptors (Lipinski definition) is 2. The van der Waals surface area contributed by atoms with Crippen LogP contribution in [0.1, 0.15) is 22.3 Å². The lowest BCUT2D eigenvalue weighted by molar-refractivity contribution is 0.707. The first kappa shape index (κ1) is 40.3. The van der Waals surface area contributed by atoms with Crippen molar-refractivity contribution >= 4 is 68.4 Å². The van der Waals surface area contributed by atoms with Gasteiger partial charge in [-0.15, -0.1) is 0 Å². The van der Waals surface area contributed by atoms with Gasteiger partial charge in [0.1, 0.15) is 0 Å². The van der Waals surface area contributed by atoms with Gasteiger partial charge in [0.25, 0.3) is 0 Å². The molecule has 0 saturated heterocycles. The van der Waals surface area contributed by atoms with Crippen molar-refractivity contribution in [1.82, 2.24) is 0 Å². The van der Waals surface area contributed by atoms with E-state index in [2.05, 4.69) is 278 Å². The molecule has 0 bridgehead atoms. The molecule has 2 heterocycles. The molecule has 2 aliphatic heterocycles. The predicted molar refractivity (Wildman–Crippen MR) is 289 cm³/mol. The number of hydrogen-bond donors (Lipinski definition) is 0. The van der Waals surface area contributed by atoms with Gasteiger partial charge < -0.3 is 4.90 Å². The smallest absolute Gasteiger partial charge is 0.180 e. The molecule has 0 N–H and O–H groups in total. The van der Waals surface area contributed by atoms with E-state index in [1.807, 2.05) is 11.8 Å². The van der Waals surface area contributed by atoms with Crippen molar-refractivity contribution in [3.63, 3.8) is 0 Å². The fourth-order valence-electron chi connectivity index (χ4n) is 11.6. The molecule has 0 fully saturated rings. The molecular weight excluding hydrogens is 855 g/mol. The van der Waals surface area contributed by atoms with Crippen LogP contribution in [0.3, 0.4) is 0 Å². The number of anilines is 3. The monoisotopic (exact) mass is 899 g/mol. The molecular formula is C65H45NSSi. The first-order valence-electron chi connectivity index (χ1n) is 23.5. The van der Waals surface area contributed by atoms with Crippen LogP contribution in [-0.4, -0.2) is 8.07 Å². The number of benzene rings is 11. The topological polar surface area (TPSA) is 3.24 Å². The first-order valence-corrected chi connectivity index (χ1v) is 26.3. The minimum Gasteiger partial charge on any atom is -0.310 e. The zero-order valence-electron chi connectivity index (χ0n) is 37.3. The highest BCUT2D eigenvalue weighted by Crippen LogP contribution is 2.56. The molecule has 1 spiro atoms. The molecule has 0 saturated carbocycles. The lowest BCUT2D eigenvalue weighted by atomic mass is 9.64. The molecule has 0 unspecified atom stereocenters. The van der Waals surface area contributed by atoms with Crippen LogP contribution in [-0.2, 0) is 5.41 Å². The predicted octanol–water partition coefficient (Wildman–Crippen LogP) is 14.2. The Morgan fingerprint density at radius 3 is 1.53 bits per heavy atom. The third kappa shape index (κ3) is 6.17. The Hall–Kier alpha value is -7.95. The molecule has 13 rings (SSSR count). The third-order valence-corrected chi connectivity index (χ3v) is 20.5. The molecule has 1 nitrogen and oxygen atoms in total. The van der Waals surface area contributed by atoms with Gasteiger partial charge >= 0.3 is 0 Å². The SMILES string of the molecule is c1ccc(-c2ccc(N(c3cccc(-c4ccc5c(c4)[Si](c4ccccc4)(c4ccccc4)c4ccccc4C54c5ccccc5Sc5ccccc54)c3)c3cccc4ccccc34)cc2)cc1. The van der Waals surface area contributed by atoms with Crippen LogP contribution in [0.4, 0.5) is 17.1 Å². The minimum absolute atomic E-state index is 0.540. The van der Waals surface area contributed by atoms with Gasteiger partial charge in [0.05, 0.1) is 11.1 Å². The summed E-state index contributed by atoms with van der Waals surface area (Å²) in [5, 5.41) is 8.05. The van der Waals surface area contributed by atoms with E-state index in [9.17, 15) is 0 Å². The maximum absolute atomic E-state index is 3.01. The van der Waals surface area contributed by atoms with Gasteiger partial charge in [-0.2, -0.15) is 0 Å². The van der Waals surface area contributed by atoms with Crippen LogP contribution in [0.25, 0.3) is 33.0 Å². The van der Waals surface area contributed by atoms with E-state index in [0.717, 1.165) is 17.1 Å². The molecule has 0 atom stereocenters. The molecule has 0 aliphatic carbocycles. The highest BCUT2D eigenvalue weighted by atomic mass is 32.2. The van der Waals surface area contributed by atoms with Crippen molar-refractivity contribution in [2.45, 2.75) is 15.2 Å². The lowest BCUT2D eigenvalue weighted by Gasteiger charge is -2.51. The summed E-state index contributed by atoms with van der Waals surface area (Å²) in [5.74, 6) is 0. The molecule has 68 heavy (non-hydrogen) atoms. The fraction of sp³-hybridized carbons (Fsp3) is 0.0154. The van der Waals surface area contributed by atoms with E-state index in [-0.39, 0.29) is 0 Å². The highest BCUT2D eigenvalue weighted by Gasteiger charge is 2.57. The molecule has 11 aromatic rings. The average molecular weight is 900 g/mol. The standard InChI is InChI=1S/C65H45NSSi/c1-4-20-46(21-5-1)47-38-41-51(42-39-47)66(60-34-19-23-48-22-10-11-30-55(48)60)52-25-18-24-49(44-52)50-40-43-59-64(45-50)68(53-26-6-2-7-27-53,54-28-8-3-9-29-54)63-37-17-14-33-58(63)65(59)56-31-12-15-35-61(56)67-62-36-16-13-32-57(62)65/h1-45H. The van der Waals surface area contributed by atoms with Gasteiger partial charge in [0, 0.05) is 26.6 Å². The van der Waals surface area contributed by atoms with Crippen molar-refractivity contribution < 1.29 is 0 Å². The summed E-state index contributed by atoms with van der Waals surface area (Å²) in [5.41, 5.74) is 13.0. The van der Waals surface area contributed by atoms with Gasteiger partial charge in [0.15, 0.2) is 8.07 Å². The zero-order chi connectivity index (χ0) is 45.1. The molecule has 0 amide bonds. The van der Waals surface area contributed by atoms with E-state index in [4.69, 9.17) is 0 Å². The fourth-order valence-corrected chi connectivity index (χ4v) is 18.1. The Morgan fingerprint density at radius 2 is 0.824 bits per heavy atom. The molecule has 0 radical (unpaired) electrons. The first-order chi connectivity index (χ1) is 33.7. The van der Waals surface area contributed by atoms with E-state index in [1.54, 1.807) is 0 Å². The van der Waals surface area contributed by atoms with Crippen LogP contribution in [0.2, 0.25) is 0 Å². The molecule has 3 heteroatoms. The summed E-state index contributed by atoms with van der Waals surface area (Å²) >= 11 is 1.90. The normalized spacial score (nSPS) is 13.8. The third-order valence-electron chi connectivity index (χ3n) is 14.5. The highest BCUT2D eigenvalue weighted by molar-refractivity contribution is 7.99. The van der Waals surface area contributed by atoms with Gasteiger partial charge in [-0.25, -0.2) is 0 Å². The molecule has 2 aliphatic rings. The number of fused-ring (bicyclic) bond motifs is 9.